The number of nitrogens with zero attached hydrogens (tertiary/aromatic N) is 1. The molecule has 1 amide bonds. The van der Waals surface area contributed by atoms with E-state index in [9.17, 15) is 18.0 Å². The maximum absolute atomic E-state index is 13.4. The Balaban J connectivity index is 2.15. The van der Waals surface area contributed by atoms with E-state index in [2.05, 4.69) is 0 Å². The second-order valence-electron chi connectivity index (χ2n) is 7.30. The Morgan fingerprint density at radius 3 is 2.07 bits per heavy atom. The molecule has 0 bridgehead atoms. The molecule has 0 spiro atoms. The van der Waals surface area contributed by atoms with Crippen LogP contribution in [0.3, 0.4) is 0 Å². The quantitative estimate of drug-likeness (QED) is 0.735. The Labute approximate surface area is 165 Å². The molecule has 2 atom stereocenters. The summed E-state index contributed by atoms with van der Waals surface area (Å²) in [5, 5.41) is -1.17. The highest BCUT2D eigenvalue weighted by Crippen LogP contribution is 2.41. The first kappa shape index (κ1) is 20.1. The van der Waals surface area contributed by atoms with Crippen LogP contribution in [0.5, 0.6) is 0 Å². The standard InChI is InChI=1S/C21H23NO5S/c1-21(2)18(20(24)27-3)22(19(23)16-12-8-5-9-13-16)17(28(21,25)26)14-15-10-6-4-7-11-15/h4-13,17-18H,14H2,1-3H3/t17-,18+/m1/s1. The summed E-state index contributed by atoms with van der Waals surface area (Å²) in [6.45, 7) is 2.94. The van der Waals surface area contributed by atoms with E-state index in [1.807, 2.05) is 18.2 Å². The maximum Gasteiger partial charge on any atom is 0.330 e. The molecule has 1 aliphatic rings. The van der Waals surface area contributed by atoms with Crippen LogP contribution in [-0.4, -0.2) is 48.5 Å². The number of hydrogen-bond acceptors (Lipinski definition) is 5. The molecule has 1 saturated heterocycles. The van der Waals surface area contributed by atoms with Gasteiger partial charge in [0.1, 0.15) is 11.4 Å². The van der Waals surface area contributed by atoms with Crippen LogP contribution in [0.4, 0.5) is 0 Å². The smallest absolute Gasteiger partial charge is 0.330 e. The third-order valence-electron chi connectivity index (χ3n) is 5.27. The van der Waals surface area contributed by atoms with Crippen LogP contribution in [0.2, 0.25) is 0 Å². The van der Waals surface area contributed by atoms with Crippen molar-refractivity contribution in [3.8, 4) is 0 Å². The predicted molar refractivity (Wildman–Crippen MR) is 105 cm³/mol. The lowest BCUT2D eigenvalue weighted by molar-refractivity contribution is -0.146. The van der Waals surface area contributed by atoms with Gasteiger partial charge in [-0.05, 0) is 31.5 Å². The molecule has 2 aromatic rings. The number of carbonyl (C=O) groups excluding carboxylic acids is 2. The summed E-state index contributed by atoms with van der Waals surface area (Å²) in [5.41, 5.74) is 1.09. The zero-order chi connectivity index (χ0) is 20.5. The normalized spacial score (nSPS) is 22.6. The van der Waals surface area contributed by atoms with Gasteiger partial charge >= 0.3 is 5.97 Å². The molecule has 1 aliphatic heterocycles. The summed E-state index contributed by atoms with van der Waals surface area (Å²) >= 11 is 0. The van der Waals surface area contributed by atoms with Gasteiger partial charge in [0.25, 0.3) is 5.91 Å². The van der Waals surface area contributed by atoms with Crippen molar-refractivity contribution in [1.29, 1.82) is 0 Å². The molecular weight excluding hydrogens is 378 g/mol. The number of benzene rings is 2. The minimum Gasteiger partial charge on any atom is -0.467 e. The number of methoxy groups -OCH3 is 1. The first-order valence-electron chi connectivity index (χ1n) is 8.94. The molecule has 0 radical (unpaired) electrons. The Bertz CT molecular complexity index is 970. The van der Waals surface area contributed by atoms with Crippen LogP contribution in [0.15, 0.2) is 60.7 Å². The Morgan fingerprint density at radius 2 is 1.54 bits per heavy atom. The van der Waals surface area contributed by atoms with Crippen molar-refractivity contribution in [2.24, 2.45) is 0 Å². The highest BCUT2D eigenvalue weighted by Gasteiger charge is 2.63. The van der Waals surface area contributed by atoms with Crippen molar-refractivity contribution in [2.75, 3.05) is 7.11 Å². The van der Waals surface area contributed by atoms with E-state index in [4.69, 9.17) is 4.74 Å². The monoisotopic (exact) mass is 401 g/mol. The fourth-order valence-corrected chi connectivity index (χ4v) is 5.82. The molecule has 3 rings (SSSR count). The van der Waals surface area contributed by atoms with Gasteiger partial charge in [-0.15, -0.1) is 0 Å². The molecule has 0 N–H and O–H groups in total. The van der Waals surface area contributed by atoms with E-state index in [0.29, 0.717) is 5.56 Å². The number of hydrogen-bond donors (Lipinski definition) is 0. The number of sulfone groups is 1. The Hall–Kier alpha value is -2.67. The van der Waals surface area contributed by atoms with Crippen LogP contribution in [0.25, 0.3) is 0 Å². The van der Waals surface area contributed by atoms with Gasteiger partial charge in [0.15, 0.2) is 9.84 Å². The van der Waals surface area contributed by atoms with Crippen molar-refractivity contribution in [2.45, 2.75) is 36.4 Å². The number of esters is 1. The molecule has 2 aromatic carbocycles. The topological polar surface area (TPSA) is 80.8 Å². The minimum absolute atomic E-state index is 0.0959. The Kier molecular flexibility index (Phi) is 5.30. The molecule has 0 saturated carbocycles. The number of carbonyl (C=O) groups is 2. The lowest BCUT2D eigenvalue weighted by atomic mass is 9.99. The molecule has 6 nitrogen and oxygen atoms in total. The molecule has 148 valence electrons. The van der Waals surface area contributed by atoms with Crippen LogP contribution in [0.1, 0.15) is 29.8 Å². The van der Waals surface area contributed by atoms with Crippen molar-refractivity contribution in [3.63, 3.8) is 0 Å². The lowest BCUT2D eigenvalue weighted by Crippen LogP contribution is -2.51. The molecule has 0 aromatic heterocycles. The number of amides is 1. The summed E-state index contributed by atoms with van der Waals surface area (Å²) in [6.07, 6.45) is 0.0959. The second-order valence-corrected chi connectivity index (χ2v) is 9.98. The largest absolute Gasteiger partial charge is 0.467 e. The summed E-state index contributed by atoms with van der Waals surface area (Å²) in [4.78, 5) is 27.1. The lowest BCUT2D eigenvalue weighted by Gasteiger charge is -2.29. The van der Waals surface area contributed by atoms with Gasteiger partial charge in [0, 0.05) is 12.0 Å². The third kappa shape index (κ3) is 3.20. The van der Waals surface area contributed by atoms with Crippen molar-refractivity contribution in [1.82, 2.24) is 4.90 Å². The Morgan fingerprint density at radius 1 is 1.00 bits per heavy atom. The van der Waals surface area contributed by atoms with Gasteiger partial charge in [0.2, 0.25) is 0 Å². The average Bonchev–Trinajstić information content (AvgIpc) is 2.85. The van der Waals surface area contributed by atoms with Crippen LogP contribution in [-0.2, 0) is 25.8 Å². The van der Waals surface area contributed by atoms with Crippen LogP contribution >= 0.6 is 0 Å². The fraction of sp³-hybridized carbons (Fsp3) is 0.333. The SMILES string of the molecule is COC(=O)[C@@H]1N(C(=O)c2ccccc2)[C@@H](Cc2ccccc2)S(=O)(=O)C1(C)C. The third-order valence-corrected chi connectivity index (χ3v) is 8.07. The minimum atomic E-state index is -3.87. The van der Waals surface area contributed by atoms with Crippen LogP contribution in [0, 0.1) is 0 Å². The van der Waals surface area contributed by atoms with E-state index in [-0.39, 0.29) is 6.42 Å². The zero-order valence-electron chi connectivity index (χ0n) is 16.0. The predicted octanol–water partition coefficient (Wildman–Crippen LogP) is 2.45. The van der Waals surface area contributed by atoms with E-state index in [1.54, 1.807) is 42.5 Å². The maximum atomic E-state index is 13.4. The molecule has 0 unspecified atom stereocenters. The molecule has 1 fully saturated rings. The van der Waals surface area contributed by atoms with Crippen molar-refractivity contribution >= 4 is 21.7 Å². The highest BCUT2D eigenvalue weighted by atomic mass is 32.2. The molecular formula is C21H23NO5S. The molecule has 7 heteroatoms. The summed E-state index contributed by atoms with van der Waals surface area (Å²) in [6, 6.07) is 16.2. The zero-order valence-corrected chi connectivity index (χ0v) is 16.8. The average molecular weight is 401 g/mol. The van der Waals surface area contributed by atoms with E-state index >= 15 is 0 Å². The van der Waals surface area contributed by atoms with E-state index in [0.717, 1.165) is 5.56 Å². The van der Waals surface area contributed by atoms with Gasteiger partial charge in [-0.25, -0.2) is 13.2 Å². The first-order chi connectivity index (χ1) is 13.2. The summed E-state index contributed by atoms with van der Waals surface area (Å²) < 4.78 is 30.2. The second kappa shape index (κ2) is 7.39. The molecule has 0 aliphatic carbocycles. The van der Waals surface area contributed by atoms with Crippen molar-refractivity contribution in [3.05, 3.63) is 71.8 Å². The fourth-order valence-electron chi connectivity index (χ4n) is 3.67. The first-order valence-corrected chi connectivity index (χ1v) is 10.5. The van der Waals surface area contributed by atoms with E-state index < -0.39 is 37.9 Å². The van der Waals surface area contributed by atoms with Crippen LogP contribution < -0.4 is 0 Å². The number of ether oxygens (including phenoxy) is 1. The van der Waals surface area contributed by atoms with Gasteiger partial charge in [0.05, 0.1) is 11.9 Å². The summed E-state index contributed by atoms with van der Waals surface area (Å²) in [5.74, 6) is -1.25. The van der Waals surface area contributed by atoms with Crippen molar-refractivity contribution < 1.29 is 22.7 Å². The van der Waals surface area contributed by atoms with Gasteiger partial charge in [-0.3, -0.25) is 4.79 Å². The summed E-state index contributed by atoms with van der Waals surface area (Å²) in [7, 11) is -2.67. The number of rotatable bonds is 4. The molecule has 1 heterocycles. The van der Waals surface area contributed by atoms with Gasteiger partial charge < -0.3 is 9.64 Å². The molecule has 28 heavy (non-hydrogen) atoms. The van der Waals surface area contributed by atoms with E-state index in [1.165, 1.54) is 25.9 Å². The highest BCUT2D eigenvalue weighted by molar-refractivity contribution is 7.93. The van der Waals surface area contributed by atoms with Gasteiger partial charge in [-0.2, -0.15) is 0 Å². The van der Waals surface area contributed by atoms with Gasteiger partial charge in [-0.1, -0.05) is 48.5 Å².